The highest BCUT2D eigenvalue weighted by molar-refractivity contribution is 5.97. The predicted octanol–water partition coefficient (Wildman–Crippen LogP) is 4.99. The summed E-state index contributed by atoms with van der Waals surface area (Å²) in [6.07, 6.45) is 7.77. The number of hydrogen-bond donors (Lipinski definition) is 2. The van der Waals surface area contributed by atoms with E-state index in [1.54, 1.807) is 11.9 Å². The van der Waals surface area contributed by atoms with Gasteiger partial charge in [-0.1, -0.05) is 18.2 Å². The maximum atomic E-state index is 13.4. The minimum Gasteiger partial charge on any atom is -0.369 e. The lowest BCUT2D eigenvalue weighted by Crippen LogP contribution is -2.44. The van der Waals surface area contributed by atoms with Crippen LogP contribution < -0.4 is 15.8 Å². The summed E-state index contributed by atoms with van der Waals surface area (Å²) in [6, 6.07) is 8.35. The largest absolute Gasteiger partial charge is 0.369 e. The van der Waals surface area contributed by atoms with Gasteiger partial charge in [-0.05, 0) is 95.2 Å². The summed E-state index contributed by atoms with van der Waals surface area (Å²) in [6.45, 7) is 4.80. The Labute approximate surface area is 224 Å². The molecule has 1 amide bonds. The van der Waals surface area contributed by atoms with E-state index in [2.05, 4.69) is 40.3 Å². The van der Waals surface area contributed by atoms with Gasteiger partial charge >= 0.3 is 0 Å². The normalized spacial score (nSPS) is 21.2. The standard InChI is InChI=1S/C30H40F2N4O2/c1-4-36(23-15-13-22(14-16-23)35(3)19-28(31)32)27-12-8-11-25-24(27)10-7-5-6-9-21-17-20(2)34-30(38)26(21)18-33-29(25)37/h5,7-8,11-12,17,22-23,28H,4,6,9-10,13-16,18-19H2,1-3H3,(H,33,37)(H,34,38)/b7-5+/t22-,23-. The molecule has 0 atom stereocenters. The molecule has 0 bridgehead atoms. The summed E-state index contributed by atoms with van der Waals surface area (Å²) >= 11 is 0. The highest BCUT2D eigenvalue weighted by Crippen LogP contribution is 2.33. The van der Waals surface area contributed by atoms with Gasteiger partial charge in [0.05, 0.1) is 6.54 Å². The van der Waals surface area contributed by atoms with Crippen molar-refractivity contribution in [1.82, 2.24) is 15.2 Å². The van der Waals surface area contributed by atoms with E-state index >= 15 is 0 Å². The molecule has 1 aliphatic carbocycles. The van der Waals surface area contributed by atoms with Crippen molar-refractivity contribution in [3.05, 3.63) is 74.7 Å². The van der Waals surface area contributed by atoms with E-state index in [-0.39, 0.29) is 30.6 Å². The van der Waals surface area contributed by atoms with Crippen LogP contribution in [0.5, 0.6) is 0 Å². The van der Waals surface area contributed by atoms with E-state index in [0.717, 1.165) is 67.6 Å². The molecule has 0 saturated heterocycles. The molecule has 1 saturated carbocycles. The fourth-order valence-corrected chi connectivity index (χ4v) is 6.10. The number of carbonyl (C=O) groups is 1. The molecule has 2 N–H and O–H groups in total. The number of H-pyrrole nitrogens is 1. The summed E-state index contributed by atoms with van der Waals surface area (Å²) in [4.78, 5) is 33.1. The summed E-state index contributed by atoms with van der Waals surface area (Å²) in [5.41, 5.74) is 4.92. The van der Waals surface area contributed by atoms with Gasteiger partial charge in [-0.3, -0.25) is 14.5 Å². The molecular formula is C30H40F2N4O2. The van der Waals surface area contributed by atoms with Crippen LogP contribution >= 0.6 is 0 Å². The van der Waals surface area contributed by atoms with Crippen molar-refractivity contribution in [2.24, 2.45) is 0 Å². The van der Waals surface area contributed by atoms with Crippen molar-refractivity contribution in [2.75, 3.05) is 25.0 Å². The molecule has 8 heteroatoms. The highest BCUT2D eigenvalue weighted by Gasteiger charge is 2.30. The molecule has 0 unspecified atom stereocenters. The van der Waals surface area contributed by atoms with Crippen LogP contribution in [-0.2, 0) is 19.4 Å². The van der Waals surface area contributed by atoms with Crippen LogP contribution in [0.4, 0.5) is 14.5 Å². The Bertz CT molecular complexity index is 1200. The molecule has 6 nitrogen and oxygen atoms in total. The number of allylic oxidation sites excluding steroid dienone is 2. The quantitative estimate of drug-likeness (QED) is 0.521. The first kappa shape index (κ1) is 28.0. The number of nitrogens with zero attached hydrogens (tertiary/aromatic N) is 2. The number of pyridine rings is 1. The van der Waals surface area contributed by atoms with Crippen molar-refractivity contribution in [3.63, 3.8) is 0 Å². The van der Waals surface area contributed by atoms with Crippen molar-refractivity contribution in [1.29, 1.82) is 0 Å². The van der Waals surface area contributed by atoms with Crippen molar-refractivity contribution in [3.8, 4) is 0 Å². The molecule has 4 rings (SSSR count). The lowest BCUT2D eigenvalue weighted by molar-refractivity contribution is 0.0688. The van der Waals surface area contributed by atoms with Crippen LogP contribution in [0, 0.1) is 6.92 Å². The third-order valence-electron chi connectivity index (χ3n) is 8.06. The van der Waals surface area contributed by atoms with E-state index in [1.165, 1.54) is 0 Å². The second-order valence-electron chi connectivity index (χ2n) is 10.6. The number of anilines is 1. The van der Waals surface area contributed by atoms with Crippen LogP contribution in [0.25, 0.3) is 0 Å². The molecule has 1 fully saturated rings. The van der Waals surface area contributed by atoms with Crippen LogP contribution in [0.3, 0.4) is 0 Å². The molecule has 2 aromatic rings. The first-order chi connectivity index (χ1) is 18.3. The second-order valence-corrected chi connectivity index (χ2v) is 10.6. The van der Waals surface area contributed by atoms with Gasteiger partial charge in [-0.2, -0.15) is 0 Å². The maximum Gasteiger partial charge on any atom is 0.253 e. The van der Waals surface area contributed by atoms with Gasteiger partial charge in [0.15, 0.2) is 0 Å². The number of rotatable bonds is 6. The average molecular weight is 527 g/mol. The van der Waals surface area contributed by atoms with E-state index < -0.39 is 6.43 Å². The number of benzene rings is 1. The molecule has 1 aliphatic heterocycles. The van der Waals surface area contributed by atoms with Crippen molar-refractivity contribution < 1.29 is 13.6 Å². The molecule has 1 aromatic heterocycles. The summed E-state index contributed by atoms with van der Waals surface area (Å²) in [7, 11) is 1.80. The van der Waals surface area contributed by atoms with Gasteiger partial charge in [0.1, 0.15) is 0 Å². The molecule has 0 radical (unpaired) electrons. The Kier molecular flexibility index (Phi) is 9.36. The molecule has 0 spiro atoms. The van der Waals surface area contributed by atoms with E-state index in [4.69, 9.17) is 0 Å². The van der Waals surface area contributed by atoms with Crippen LogP contribution in [-0.4, -0.2) is 54.4 Å². The van der Waals surface area contributed by atoms with Crippen LogP contribution in [0.15, 0.2) is 41.2 Å². The molecule has 38 heavy (non-hydrogen) atoms. The van der Waals surface area contributed by atoms with E-state index in [0.29, 0.717) is 23.6 Å². The van der Waals surface area contributed by atoms with Gasteiger partial charge < -0.3 is 15.2 Å². The fourth-order valence-electron chi connectivity index (χ4n) is 6.10. The molecule has 2 aliphatic rings. The maximum absolute atomic E-state index is 13.4. The smallest absolute Gasteiger partial charge is 0.253 e. The zero-order valence-electron chi connectivity index (χ0n) is 22.7. The zero-order valence-corrected chi connectivity index (χ0v) is 22.7. The Morgan fingerprint density at radius 1 is 1.05 bits per heavy atom. The number of alkyl halides is 2. The number of carbonyl (C=O) groups excluding carboxylic acids is 1. The minimum absolute atomic E-state index is 0.151. The van der Waals surface area contributed by atoms with Crippen molar-refractivity contribution >= 4 is 11.6 Å². The van der Waals surface area contributed by atoms with Gasteiger partial charge in [0.25, 0.3) is 17.9 Å². The average Bonchev–Trinajstić information content (AvgIpc) is 2.88. The number of fused-ring (bicyclic) bond motifs is 2. The number of aromatic amines is 1. The number of nitrogens with one attached hydrogen (secondary N) is 2. The second kappa shape index (κ2) is 12.7. The molecule has 2 heterocycles. The topological polar surface area (TPSA) is 68.4 Å². The van der Waals surface area contributed by atoms with Gasteiger partial charge in [-0.25, -0.2) is 8.78 Å². The number of hydrogen-bond acceptors (Lipinski definition) is 4. The Morgan fingerprint density at radius 3 is 2.50 bits per heavy atom. The monoisotopic (exact) mass is 526 g/mol. The minimum atomic E-state index is -2.31. The zero-order chi connectivity index (χ0) is 27.2. The predicted molar refractivity (Wildman–Crippen MR) is 148 cm³/mol. The Morgan fingerprint density at radius 2 is 1.79 bits per heavy atom. The van der Waals surface area contributed by atoms with Crippen LogP contribution in [0.1, 0.15) is 71.8 Å². The Balaban J connectivity index is 1.58. The Hall–Kier alpha value is -3.00. The van der Waals surface area contributed by atoms with E-state index in [1.807, 2.05) is 25.1 Å². The first-order valence-corrected chi connectivity index (χ1v) is 13.8. The number of aromatic nitrogens is 1. The summed E-state index contributed by atoms with van der Waals surface area (Å²) in [5.74, 6) is -0.185. The highest BCUT2D eigenvalue weighted by atomic mass is 19.3. The fraction of sp³-hybridized carbons (Fsp3) is 0.533. The molecule has 1 aromatic carbocycles. The first-order valence-electron chi connectivity index (χ1n) is 13.8. The van der Waals surface area contributed by atoms with Gasteiger partial charge in [0, 0.05) is 47.7 Å². The SMILES string of the molecule is CCN(c1cccc2c1C/C=C/CCc1cc(C)[nH]c(=O)c1CNC2=O)[C@H]1CC[C@H](N(C)CC(F)F)CC1. The number of amides is 1. The van der Waals surface area contributed by atoms with Gasteiger partial charge in [0.2, 0.25) is 0 Å². The third-order valence-corrected chi connectivity index (χ3v) is 8.06. The van der Waals surface area contributed by atoms with E-state index in [9.17, 15) is 18.4 Å². The lowest BCUT2D eigenvalue weighted by atomic mass is 9.88. The third kappa shape index (κ3) is 6.52. The van der Waals surface area contributed by atoms with Gasteiger partial charge in [-0.15, -0.1) is 0 Å². The number of aryl methyl sites for hydroxylation is 2. The van der Waals surface area contributed by atoms with Crippen molar-refractivity contribution in [2.45, 2.75) is 83.8 Å². The van der Waals surface area contributed by atoms with Crippen LogP contribution in [0.2, 0.25) is 0 Å². The summed E-state index contributed by atoms with van der Waals surface area (Å²) in [5, 5.41) is 3.00. The molecule has 206 valence electrons. The summed E-state index contributed by atoms with van der Waals surface area (Å²) < 4.78 is 25.8. The molecular weight excluding hydrogens is 486 g/mol. The lowest BCUT2D eigenvalue weighted by Gasteiger charge is -2.41. The number of halogens is 2.